The minimum absolute atomic E-state index is 0. The second kappa shape index (κ2) is 9.39. The zero-order chi connectivity index (χ0) is 17.1. The molecule has 7 heteroatoms. The van der Waals surface area contributed by atoms with Gasteiger partial charge in [0.05, 0.1) is 24.3 Å². The number of hydrogen-bond acceptors (Lipinski definition) is 3. The molecule has 0 aromatic heterocycles. The smallest absolute Gasteiger partial charge is 0.191 e. The van der Waals surface area contributed by atoms with Crippen LogP contribution in [0.5, 0.6) is 0 Å². The second-order valence-corrected chi connectivity index (χ2v) is 7.22. The van der Waals surface area contributed by atoms with Crippen LogP contribution in [0.25, 0.3) is 0 Å². The highest BCUT2D eigenvalue weighted by Crippen LogP contribution is 2.34. The quantitative estimate of drug-likeness (QED) is 0.388. The summed E-state index contributed by atoms with van der Waals surface area (Å²) in [4.78, 5) is 6.54. The first-order chi connectivity index (χ1) is 11.6. The van der Waals surface area contributed by atoms with Crippen molar-refractivity contribution < 1.29 is 4.74 Å². The molecule has 2 aliphatic heterocycles. The van der Waals surface area contributed by atoms with Gasteiger partial charge in [0.1, 0.15) is 0 Å². The van der Waals surface area contributed by atoms with Crippen molar-refractivity contribution in [2.75, 3.05) is 27.7 Å². The molecule has 2 fully saturated rings. The molecule has 2 N–H and O–H groups in total. The summed E-state index contributed by atoms with van der Waals surface area (Å²) in [5.41, 5.74) is 1.12. The lowest BCUT2D eigenvalue weighted by atomic mass is 9.96. The van der Waals surface area contributed by atoms with Crippen LogP contribution < -0.4 is 10.6 Å². The van der Waals surface area contributed by atoms with Gasteiger partial charge in [0, 0.05) is 18.6 Å². The van der Waals surface area contributed by atoms with Crippen molar-refractivity contribution >= 4 is 41.5 Å². The maximum atomic E-state index is 6.38. The van der Waals surface area contributed by atoms with E-state index in [4.69, 9.17) is 16.3 Å². The first-order valence-corrected chi connectivity index (χ1v) is 8.99. The molecule has 0 aliphatic carbocycles. The topological polar surface area (TPSA) is 48.9 Å². The van der Waals surface area contributed by atoms with E-state index in [0.29, 0.717) is 18.2 Å². The Morgan fingerprint density at radius 3 is 2.68 bits per heavy atom. The van der Waals surface area contributed by atoms with E-state index >= 15 is 0 Å². The van der Waals surface area contributed by atoms with Gasteiger partial charge in [-0.05, 0) is 45.0 Å². The van der Waals surface area contributed by atoms with Gasteiger partial charge >= 0.3 is 0 Å². The van der Waals surface area contributed by atoms with Crippen molar-refractivity contribution in [2.24, 2.45) is 4.99 Å². The van der Waals surface area contributed by atoms with Crippen molar-refractivity contribution in [1.82, 2.24) is 15.5 Å². The van der Waals surface area contributed by atoms with Gasteiger partial charge < -0.3 is 20.3 Å². The zero-order valence-electron chi connectivity index (χ0n) is 15.0. The van der Waals surface area contributed by atoms with Crippen LogP contribution in [0.4, 0.5) is 0 Å². The average molecular weight is 479 g/mol. The summed E-state index contributed by atoms with van der Waals surface area (Å²) in [6, 6.07) is 8.54. The predicted molar refractivity (Wildman–Crippen MR) is 114 cm³/mol. The van der Waals surface area contributed by atoms with E-state index in [0.717, 1.165) is 35.9 Å². The molecule has 2 saturated heterocycles. The second-order valence-electron chi connectivity index (χ2n) is 6.81. The number of benzene rings is 1. The first-order valence-electron chi connectivity index (χ1n) is 8.62. The summed E-state index contributed by atoms with van der Waals surface area (Å²) < 4.78 is 5.91. The van der Waals surface area contributed by atoms with Crippen LogP contribution >= 0.6 is 35.6 Å². The highest BCUT2D eigenvalue weighted by atomic mass is 127. The van der Waals surface area contributed by atoms with E-state index in [1.54, 1.807) is 0 Å². The molecule has 5 nitrogen and oxygen atoms in total. The van der Waals surface area contributed by atoms with E-state index in [2.05, 4.69) is 40.7 Å². The summed E-state index contributed by atoms with van der Waals surface area (Å²) in [5, 5.41) is 7.76. The van der Waals surface area contributed by atoms with Gasteiger partial charge in [-0.25, -0.2) is 0 Å². The van der Waals surface area contributed by atoms with Gasteiger partial charge in [-0.2, -0.15) is 0 Å². The van der Waals surface area contributed by atoms with E-state index in [-0.39, 0.29) is 30.0 Å². The fraction of sp³-hybridized carbons (Fsp3) is 0.611. The molecule has 2 heterocycles. The average Bonchev–Trinajstić information content (AvgIpc) is 3.18. The van der Waals surface area contributed by atoms with Gasteiger partial charge in [-0.3, -0.25) is 4.99 Å². The molecule has 25 heavy (non-hydrogen) atoms. The largest absolute Gasteiger partial charge is 0.373 e. The van der Waals surface area contributed by atoms with Crippen molar-refractivity contribution in [3.05, 3.63) is 34.9 Å². The van der Waals surface area contributed by atoms with E-state index in [1.165, 1.54) is 6.42 Å². The van der Waals surface area contributed by atoms with Crippen LogP contribution in [0.2, 0.25) is 5.02 Å². The molecule has 1 aromatic carbocycles. The minimum atomic E-state index is 0. The Kier molecular flexibility index (Phi) is 7.79. The zero-order valence-corrected chi connectivity index (χ0v) is 18.1. The number of nitrogens with one attached hydrogen (secondary N) is 2. The van der Waals surface area contributed by atoms with Crippen LogP contribution in [0.3, 0.4) is 0 Å². The molecule has 1 aromatic rings. The van der Waals surface area contributed by atoms with Gasteiger partial charge in [-0.15, -0.1) is 24.0 Å². The number of hydrogen-bond donors (Lipinski definition) is 2. The highest BCUT2D eigenvalue weighted by molar-refractivity contribution is 14.0. The van der Waals surface area contributed by atoms with Gasteiger partial charge in [-0.1, -0.05) is 29.8 Å². The van der Waals surface area contributed by atoms with Crippen LogP contribution in [0.1, 0.15) is 30.9 Å². The number of guanidine groups is 1. The molecule has 2 bridgehead atoms. The molecule has 140 valence electrons. The Morgan fingerprint density at radius 2 is 2.12 bits per heavy atom. The van der Waals surface area contributed by atoms with E-state index in [1.807, 2.05) is 25.2 Å². The van der Waals surface area contributed by atoms with Crippen LogP contribution in [0.15, 0.2) is 29.3 Å². The third kappa shape index (κ3) is 4.99. The molecular weight excluding hydrogens is 451 g/mol. The maximum Gasteiger partial charge on any atom is 0.191 e. The maximum absolute atomic E-state index is 6.38. The normalized spacial score (nSPS) is 26.4. The van der Waals surface area contributed by atoms with Crippen LogP contribution in [-0.2, 0) is 4.74 Å². The summed E-state index contributed by atoms with van der Waals surface area (Å²) in [7, 11) is 5.94. The van der Waals surface area contributed by atoms with E-state index in [9.17, 15) is 0 Å². The SMILES string of the molecule is CN=C(NCC(c1ccccc1Cl)N(C)C)NC1CC2CCC1O2.I. The third-order valence-corrected chi connectivity index (χ3v) is 5.35. The number of likely N-dealkylation sites (N-methyl/N-ethyl adjacent to an activating group) is 1. The summed E-state index contributed by atoms with van der Waals surface area (Å²) >= 11 is 6.38. The number of fused-ring (bicyclic) bond motifs is 2. The molecule has 0 radical (unpaired) electrons. The molecule has 0 saturated carbocycles. The Balaban J connectivity index is 0.00000225. The van der Waals surface area contributed by atoms with Crippen LogP contribution in [-0.4, -0.2) is 56.8 Å². The lowest BCUT2D eigenvalue weighted by Gasteiger charge is -2.28. The lowest BCUT2D eigenvalue weighted by molar-refractivity contribution is 0.0992. The van der Waals surface area contributed by atoms with Gasteiger partial charge in [0.2, 0.25) is 0 Å². The molecule has 3 rings (SSSR count). The third-order valence-electron chi connectivity index (χ3n) is 5.00. The molecule has 4 atom stereocenters. The van der Waals surface area contributed by atoms with Crippen molar-refractivity contribution in [2.45, 2.75) is 43.6 Å². The molecule has 0 spiro atoms. The molecule has 2 aliphatic rings. The Bertz CT molecular complexity index is 598. The molecule has 0 amide bonds. The monoisotopic (exact) mass is 478 g/mol. The lowest BCUT2D eigenvalue weighted by Crippen LogP contribution is -2.49. The number of halogens is 2. The highest BCUT2D eigenvalue weighted by Gasteiger charge is 2.41. The standard InChI is InChI=1S/C18H27ClN4O.HI/c1-20-18(22-15-10-12-8-9-17(15)24-12)21-11-16(23(2)3)13-6-4-5-7-14(13)19;/h4-7,12,15-17H,8-11H2,1-3H3,(H2,20,21,22);1H. The number of nitrogens with zero attached hydrogens (tertiary/aromatic N) is 2. The number of ether oxygens (including phenoxy) is 1. The fourth-order valence-electron chi connectivity index (χ4n) is 3.67. The van der Waals surface area contributed by atoms with E-state index < -0.39 is 0 Å². The van der Waals surface area contributed by atoms with Crippen molar-refractivity contribution in [3.8, 4) is 0 Å². The molecule has 4 unspecified atom stereocenters. The van der Waals surface area contributed by atoms with Gasteiger partial charge in [0.25, 0.3) is 0 Å². The number of rotatable bonds is 5. The van der Waals surface area contributed by atoms with Gasteiger partial charge in [0.15, 0.2) is 5.96 Å². The van der Waals surface area contributed by atoms with Crippen molar-refractivity contribution in [3.63, 3.8) is 0 Å². The summed E-state index contributed by atoms with van der Waals surface area (Å²) in [5.74, 6) is 0.829. The Morgan fingerprint density at radius 1 is 1.36 bits per heavy atom. The first kappa shape index (κ1) is 20.7. The summed E-state index contributed by atoms with van der Waals surface area (Å²) in [6.45, 7) is 0.734. The minimum Gasteiger partial charge on any atom is -0.373 e. The predicted octanol–water partition coefficient (Wildman–Crippen LogP) is 3.05. The molecular formula is C18H28ClIN4O. The Labute approximate surface area is 172 Å². The number of aliphatic imine (C=N–C) groups is 1. The van der Waals surface area contributed by atoms with Crippen molar-refractivity contribution in [1.29, 1.82) is 0 Å². The van der Waals surface area contributed by atoms with Crippen LogP contribution in [0, 0.1) is 0 Å². The Hall–Kier alpha value is -0.570. The summed E-state index contributed by atoms with van der Waals surface area (Å²) in [6.07, 6.45) is 4.20. The fourth-order valence-corrected chi connectivity index (χ4v) is 3.93.